The largest absolute Gasteiger partial charge is 0.493 e. The predicted molar refractivity (Wildman–Crippen MR) is 104 cm³/mol. The van der Waals surface area contributed by atoms with Crippen LogP contribution in [0, 0.1) is 6.92 Å². The van der Waals surface area contributed by atoms with Crippen LogP contribution in [0.3, 0.4) is 0 Å². The molecule has 5 nitrogen and oxygen atoms in total. The van der Waals surface area contributed by atoms with Crippen LogP contribution in [-0.4, -0.2) is 25.3 Å². The van der Waals surface area contributed by atoms with Crippen LogP contribution in [0.4, 0.5) is 0 Å². The Morgan fingerprint density at radius 2 is 1.92 bits per heavy atom. The van der Waals surface area contributed by atoms with E-state index in [1.165, 1.54) is 5.56 Å². The van der Waals surface area contributed by atoms with E-state index in [1.807, 2.05) is 50.2 Å². The molecule has 0 aliphatic rings. The molecule has 1 amide bonds. The van der Waals surface area contributed by atoms with Crippen molar-refractivity contribution in [2.75, 3.05) is 13.2 Å². The normalized spacial score (nSPS) is 11.0. The lowest BCUT2D eigenvalue weighted by Crippen LogP contribution is -2.24. The Balaban J connectivity index is 1.91. The number of hydrazone groups is 1. The van der Waals surface area contributed by atoms with Crippen LogP contribution in [0.5, 0.6) is 11.5 Å². The molecule has 0 atom stereocenters. The molecule has 2 aromatic rings. The molecule has 0 saturated heterocycles. The molecule has 138 valence electrons. The fourth-order valence-electron chi connectivity index (χ4n) is 2.35. The zero-order chi connectivity index (χ0) is 18.9. The third-order valence-corrected chi connectivity index (χ3v) is 3.85. The van der Waals surface area contributed by atoms with Crippen LogP contribution in [-0.2, 0) is 4.79 Å². The highest BCUT2D eigenvalue weighted by molar-refractivity contribution is 5.85. The van der Waals surface area contributed by atoms with E-state index in [2.05, 4.69) is 30.4 Å². The topological polar surface area (TPSA) is 59.9 Å². The van der Waals surface area contributed by atoms with Gasteiger partial charge in [-0.05, 0) is 49.1 Å². The molecule has 0 aromatic heterocycles. The number of carbonyl (C=O) groups is 1. The summed E-state index contributed by atoms with van der Waals surface area (Å²) in [6.07, 6.45) is 1.56. The van der Waals surface area contributed by atoms with Crippen molar-refractivity contribution in [2.24, 2.45) is 5.10 Å². The van der Waals surface area contributed by atoms with Crippen molar-refractivity contribution in [3.05, 3.63) is 59.2 Å². The molecule has 26 heavy (non-hydrogen) atoms. The van der Waals surface area contributed by atoms with Gasteiger partial charge in [-0.15, -0.1) is 0 Å². The Bertz CT molecular complexity index is 770. The van der Waals surface area contributed by atoms with Gasteiger partial charge in [-0.3, -0.25) is 4.79 Å². The Morgan fingerprint density at radius 1 is 1.15 bits per heavy atom. The van der Waals surface area contributed by atoms with E-state index in [-0.39, 0.29) is 12.5 Å². The Labute approximate surface area is 155 Å². The summed E-state index contributed by atoms with van der Waals surface area (Å²) in [5.41, 5.74) is 5.45. The number of aryl methyl sites for hydroxylation is 1. The van der Waals surface area contributed by atoms with Gasteiger partial charge in [0.2, 0.25) is 0 Å². The van der Waals surface area contributed by atoms with E-state index in [9.17, 15) is 4.79 Å². The van der Waals surface area contributed by atoms with Crippen molar-refractivity contribution in [1.82, 2.24) is 5.43 Å². The highest BCUT2D eigenvalue weighted by Crippen LogP contribution is 2.24. The first-order valence-electron chi connectivity index (χ1n) is 8.78. The smallest absolute Gasteiger partial charge is 0.277 e. The zero-order valence-corrected chi connectivity index (χ0v) is 15.8. The molecule has 0 aliphatic heterocycles. The maximum absolute atomic E-state index is 12.0. The first-order valence-corrected chi connectivity index (χ1v) is 8.78. The molecular weight excluding hydrogens is 328 g/mol. The number of carbonyl (C=O) groups excluding carboxylic acids is 1. The van der Waals surface area contributed by atoms with E-state index in [4.69, 9.17) is 9.47 Å². The molecule has 0 saturated carbocycles. The zero-order valence-electron chi connectivity index (χ0n) is 15.8. The van der Waals surface area contributed by atoms with Gasteiger partial charge in [0.25, 0.3) is 5.91 Å². The lowest BCUT2D eigenvalue weighted by Gasteiger charge is -2.12. The minimum atomic E-state index is -0.315. The Morgan fingerprint density at radius 3 is 2.65 bits per heavy atom. The number of hydrogen-bond acceptors (Lipinski definition) is 4. The van der Waals surface area contributed by atoms with Gasteiger partial charge in [-0.25, -0.2) is 5.43 Å². The second-order valence-corrected chi connectivity index (χ2v) is 6.23. The lowest BCUT2D eigenvalue weighted by molar-refractivity contribution is -0.123. The van der Waals surface area contributed by atoms with E-state index < -0.39 is 0 Å². The van der Waals surface area contributed by atoms with Crippen molar-refractivity contribution in [3.8, 4) is 11.5 Å². The standard InChI is InChI=1S/C21H26N2O3/c1-5-25-19-9-7-6-8-18(19)13-22-23-21(24)14-26-20-12-17(15(2)3)11-10-16(20)4/h6-13,15H,5,14H2,1-4H3,(H,23,24). The summed E-state index contributed by atoms with van der Waals surface area (Å²) in [6.45, 7) is 8.60. The van der Waals surface area contributed by atoms with Gasteiger partial charge in [0.05, 0.1) is 12.8 Å². The molecule has 0 spiro atoms. The first-order chi connectivity index (χ1) is 12.5. The van der Waals surface area contributed by atoms with Crippen LogP contribution >= 0.6 is 0 Å². The molecule has 2 aromatic carbocycles. The maximum atomic E-state index is 12.0. The van der Waals surface area contributed by atoms with Crippen LogP contribution in [0.1, 0.15) is 43.4 Å². The summed E-state index contributed by atoms with van der Waals surface area (Å²) >= 11 is 0. The summed E-state index contributed by atoms with van der Waals surface area (Å²) in [5, 5.41) is 3.98. The Hall–Kier alpha value is -2.82. The van der Waals surface area contributed by atoms with Crippen molar-refractivity contribution in [3.63, 3.8) is 0 Å². The van der Waals surface area contributed by atoms with Crippen molar-refractivity contribution in [2.45, 2.75) is 33.6 Å². The molecule has 2 rings (SSSR count). The van der Waals surface area contributed by atoms with Gasteiger partial charge < -0.3 is 9.47 Å². The van der Waals surface area contributed by atoms with E-state index in [0.717, 1.165) is 22.6 Å². The van der Waals surface area contributed by atoms with Gasteiger partial charge in [0, 0.05) is 5.56 Å². The number of amides is 1. The average molecular weight is 354 g/mol. The second kappa shape index (κ2) is 9.61. The molecule has 0 heterocycles. The number of rotatable bonds is 8. The second-order valence-electron chi connectivity index (χ2n) is 6.23. The molecule has 0 aliphatic carbocycles. The monoisotopic (exact) mass is 354 g/mol. The summed E-state index contributed by atoms with van der Waals surface area (Å²) in [7, 11) is 0. The minimum absolute atomic E-state index is 0.0904. The van der Waals surface area contributed by atoms with Crippen LogP contribution in [0.15, 0.2) is 47.6 Å². The van der Waals surface area contributed by atoms with Crippen LogP contribution < -0.4 is 14.9 Å². The van der Waals surface area contributed by atoms with Crippen molar-refractivity contribution < 1.29 is 14.3 Å². The molecule has 0 fully saturated rings. The number of nitrogens with zero attached hydrogens (tertiary/aromatic N) is 1. The number of ether oxygens (including phenoxy) is 2. The third-order valence-electron chi connectivity index (χ3n) is 3.85. The van der Waals surface area contributed by atoms with Gasteiger partial charge in [0.15, 0.2) is 6.61 Å². The number of nitrogens with one attached hydrogen (secondary N) is 1. The molecule has 0 bridgehead atoms. The van der Waals surface area contributed by atoms with Gasteiger partial charge >= 0.3 is 0 Å². The Kier molecular flexibility index (Phi) is 7.21. The highest BCUT2D eigenvalue weighted by Gasteiger charge is 2.07. The summed E-state index contributed by atoms with van der Waals surface area (Å²) in [6, 6.07) is 13.6. The molecule has 0 unspecified atom stereocenters. The highest BCUT2D eigenvalue weighted by atomic mass is 16.5. The fraction of sp³-hybridized carbons (Fsp3) is 0.333. The molecular formula is C21H26N2O3. The van der Waals surface area contributed by atoms with E-state index in [0.29, 0.717) is 12.5 Å². The van der Waals surface area contributed by atoms with Crippen molar-refractivity contribution in [1.29, 1.82) is 0 Å². The summed E-state index contributed by atoms with van der Waals surface area (Å²) in [4.78, 5) is 12.0. The summed E-state index contributed by atoms with van der Waals surface area (Å²) in [5.74, 6) is 1.54. The number of para-hydroxylation sites is 1. The van der Waals surface area contributed by atoms with Crippen molar-refractivity contribution >= 4 is 12.1 Å². The van der Waals surface area contributed by atoms with Crippen LogP contribution in [0.2, 0.25) is 0 Å². The molecule has 0 radical (unpaired) electrons. The first kappa shape index (κ1) is 19.5. The predicted octanol–water partition coefficient (Wildman–Crippen LogP) is 4.05. The SMILES string of the molecule is CCOc1ccccc1C=NNC(=O)COc1cc(C(C)C)ccc1C. The van der Waals surface area contributed by atoms with Gasteiger partial charge in [-0.1, -0.05) is 38.1 Å². The summed E-state index contributed by atoms with van der Waals surface area (Å²) < 4.78 is 11.2. The third kappa shape index (κ3) is 5.62. The quantitative estimate of drug-likeness (QED) is 0.575. The van der Waals surface area contributed by atoms with Gasteiger partial charge in [-0.2, -0.15) is 5.10 Å². The maximum Gasteiger partial charge on any atom is 0.277 e. The number of benzene rings is 2. The van der Waals surface area contributed by atoms with E-state index >= 15 is 0 Å². The molecule has 5 heteroatoms. The fourth-order valence-corrected chi connectivity index (χ4v) is 2.35. The lowest BCUT2D eigenvalue weighted by atomic mass is 10.0. The number of hydrogen-bond donors (Lipinski definition) is 1. The van der Waals surface area contributed by atoms with E-state index in [1.54, 1.807) is 6.21 Å². The van der Waals surface area contributed by atoms with Crippen LogP contribution in [0.25, 0.3) is 0 Å². The average Bonchev–Trinajstić information content (AvgIpc) is 2.62. The van der Waals surface area contributed by atoms with Gasteiger partial charge in [0.1, 0.15) is 11.5 Å². The minimum Gasteiger partial charge on any atom is -0.493 e. The molecule has 1 N–H and O–H groups in total.